The number of aromatic nitrogens is 1. The molecule has 1 heterocycles. The number of rotatable bonds is 5. The van der Waals surface area contributed by atoms with E-state index in [1.54, 1.807) is 18.3 Å². The number of aliphatic carboxylic acids is 1. The predicted octanol–water partition coefficient (Wildman–Crippen LogP) is 2.07. The first-order chi connectivity index (χ1) is 8.41. The topological polar surface area (TPSA) is 79.3 Å². The van der Waals surface area contributed by atoms with Crippen molar-refractivity contribution in [1.82, 2.24) is 10.3 Å². The molecule has 6 heteroatoms. The quantitative estimate of drug-likeness (QED) is 0.815. The number of carbonyl (C=O) groups excluding carboxylic acids is 1. The monoisotopic (exact) mass is 314 g/mol. The summed E-state index contributed by atoms with van der Waals surface area (Å²) < 4.78 is 0.399. The highest BCUT2D eigenvalue weighted by Gasteiger charge is 2.22. The second kappa shape index (κ2) is 6.49. The third kappa shape index (κ3) is 4.10. The van der Waals surface area contributed by atoms with Crippen molar-refractivity contribution in [1.29, 1.82) is 0 Å². The molecule has 0 radical (unpaired) electrons. The minimum absolute atomic E-state index is 0.184. The Bertz CT molecular complexity index is 449. The van der Waals surface area contributed by atoms with Gasteiger partial charge in [-0.1, -0.05) is 13.8 Å². The summed E-state index contributed by atoms with van der Waals surface area (Å²) in [6.07, 6.45) is 1.93. The first-order valence-corrected chi connectivity index (χ1v) is 6.35. The van der Waals surface area contributed by atoms with E-state index in [4.69, 9.17) is 5.11 Å². The molecule has 0 spiro atoms. The molecule has 98 valence electrons. The molecule has 5 nitrogen and oxygen atoms in total. The van der Waals surface area contributed by atoms with E-state index in [0.29, 0.717) is 16.6 Å². The van der Waals surface area contributed by atoms with Gasteiger partial charge in [0.15, 0.2) is 0 Å². The zero-order valence-electron chi connectivity index (χ0n) is 10.2. The molecule has 0 aliphatic rings. The first-order valence-electron chi connectivity index (χ1n) is 5.56. The van der Waals surface area contributed by atoms with Crippen LogP contribution in [-0.4, -0.2) is 28.0 Å². The third-order valence-electron chi connectivity index (χ3n) is 2.31. The van der Waals surface area contributed by atoms with Crippen LogP contribution in [0.1, 0.15) is 30.6 Å². The number of carboxylic acid groups (broad SMARTS) is 1. The number of hydrogen-bond acceptors (Lipinski definition) is 3. The lowest BCUT2D eigenvalue weighted by atomic mass is 10.0. The average molecular weight is 315 g/mol. The molecule has 1 aromatic heterocycles. The normalized spacial score (nSPS) is 12.2. The molecule has 2 N–H and O–H groups in total. The van der Waals surface area contributed by atoms with Gasteiger partial charge in [0, 0.05) is 6.20 Å². The summed E-state index contributed by atoms with van der Waals surface area (Å²) in [5, 5.41) is 11.5. The van der Waals surface area contributed by atoms with Gasteiger partial charge in [0.05, 0.1) is 5.56 Å². The maximum atomic E-state index is 11.9. The van der Waals surface area contributed by atoms with Crippen molar-refractivity contribution in [3.8, 4) is 0 Å². The van der Waals surface area contributed by atoms with Gasteiger partial charge >= 0.3 is 5.97 Å². The lowest BCUT2D eigenvalue weighted by molar-refractivity contribution is -0.139. The van der Waals surface area contributed by atoms with Gasteiger partial charge in [0.1, 0.15) is 10.6 Å². The van der Waals surface area contributed by atoms with Gasteiger partial charge in [0.2, 0.25) is 0 Å². The summed E-state index contributed by atoms with van der Waals surface area (Å²) in [5.41, 5.74) is 0.326. The Balaban J connectivity index is 2.79. The fourth-order valence-electron chi connectivity index (χ4n) is 1.48. The molecule has 0 bridgehead atoms. The number of carboxylic acids is 1. The summed E-state index contributed by atoms with van der Waals surface area (Å²) in [6, 6.07) is 2.32. The standard InChI is InChI=1S/C12H15BrN2O3/c1-7(2)6-9(12(17)18)15-11(16)8-4-3-5-14-10(8)13/h3-5,7,9H,6H2,1-2H3,(H,15,16)(H,17,18)/t9-/m1/s1. The van der Waals surface area contributed by atoms with Crippen molar-refractivity contribution in [3.05, 3.63) is 28.5 Å². The van der Waals surface area contributed by atoms with Crippen molar-refractivity contribution in [3.63, 3.8) is 0 Å². The van der Waals surface area contributed by atoms with Crippen LogP contribution in [0.4, 0.5) is 0 Å². The van der Waals surface area contributed by atoms with Gasteiger partial charge in [-0.25, -0.2) is 9.78 Å². The Labute approximate surface area is 114 Å². The van der Waals surface area contributed by atoms with Gasteiger partial charge in [0.25, 0.3) is 5.91 Å². The average Bonchev–Trinajstić information content (AvgIpc) is 2.27. The molecule has 0 saturated heterocycles. The van der Waals surface area contributed by atoms with Crippen LogP contribution >= 0.6 is 15.9 Å². The van der Waals surface area contributed by atoms with E-state index in [1.165, 1.54) is 0 Å². The van der Waals surface area contributed by atoms with E-state index < -0.39 is 17.9 Å². The number of nitrogens with zero attached hydrogens (tertiary/aromatic N) is 1. The molecular formula is C12H15BrN2O3. The van der Waals surface area contributed by atoms with Crippen LogP contribution in [0.15, 0.2) is 22.9 Å². The molecule has 1 aromatic rings. The number of halogens is 1. The predicted molar refractivity (Wildman–Crippen MR) is 70.3 cm³/mol. The maximum absolute atomic E-state index is 11.9. The highest BCUT2D eigenvalue weighted by Crippen LogP contribution is 2.13. The number of carbonyl (C=O) groups is 2. The Morgan fingerprint density at radius 3 is 2.67 bits per heavy atom. The molecular weight excluding hydrogens is 300 g/mol. The zero-order chi connectivity index (χ0) is 13.7. The zero-order valence-corrected chi connectivity index (χ0v) is 11.8. The lowest BCUT2D eigenvalue weighted by Gasteiger charge is -2.16. The molecule has 18 heavy (non-hydrogen) atoms. The van der Waals surface area contributed by atoms with Crippen molar-refractivity contribution in [2.45, 2.75) is 26.3 Å². The van der Waals surface area contributed by atoms with Crippen LogP contribution in [0.2, 0.25) is 0 Å². The van der Waals surface area contributed by atoms with Crippen LogP contribution in [0.5, 0.6) is 0 Å². The number of hydrogen-bond donors (Lipinski definition) is 2. The van der Waals surface area contributed by atoms with E-state index in [0.717, 1.165) is 0 Å². The SMILES string of the molecule is CC(C)C[C@@H](NC(=O)c1cccnc1Br)C(=O)O. The Hall–Kier alpha value is -1.43. The molecule has 0 aliphatic heterocycles. The third-order valence-corrected chi connectivity index (χ3v) is 2.95. The number of nitrogens with one attached hydrogen (secondary N) is 1. The highest BCUT2D eigenvalue weighted by molar-refractivity contribution is 9.10. The number of amides is 1. The lowest BCUT2D eigenvalue weighted by Crippen LogP contribution is -2.41. The maximum Gasteiger partial charge on any atom is 0.326 e. The molecule has 0 fully saturated rings. The fraction of sp³-hybridized carbons (Fsp3) is 0.417. The van der Waals surface area contributed by atoms with E-state index in [2.05, 4.69) is 26.2 Å². The summed E-state index contributed by atoms with van der Waals surface area (Å²) in [4.78, 5) is 26.9. The smallest absolute Gasteiger partial charge is 0.326 e. The molecule has 0 aliphatic carbocycles. The first kappa shape index (κ1) is 14.6. The summed E-state index contributed by atoms with van der Waals surface area (Å²) in [7, 11) is 0. The Kier molecular flexibility index (Phi) is 5.27. The van der Waals surface area contributed by atoms with Crippen LogP contribution in [0.25, 0.3) is 0 Å². The Morgan fingerprint density at radius 2 is 2.17 bits per heavy atom. The molecule has 1 rings (SSSR count). The van der Waals surface area contributed by atoms with Gasteiger partial charge in [-0.05, 0) is 40.4 Å². The van der Waals surface area contributed by atoms with Crippen molar-refractivity contribution in [2.75, 3.05) is 0 Å². The van der Waals surface area contributed by atoms with Gasteiger partial charge < -0.3 is 10.4 Å². The van der Waals surface area contributed by atoms with Gasteiger partial charge in [-0.15, -0.1) is 0 Å². The van der Waals surface area contributed by atoms with Crippen molar-refractivity contribution >= 4 is 27.8 Å². The van der Waals surface area contributed by atoms with E-state index in [9.17, 15) is 9.59 Å². The van der Waals surface area contributed by atoms with Crippen molar-refractivity contribution in [2.24, 2.45) is 5.92 Å². The van der Waals surface area contributed by atoms with Gasteiger partial charge in [-0.2, -0.15) is 0 Å². The van der Waals surface area contributed by atoms with Crippen LogP contribution in [0.3, 0.4) is 0 Å². The van der Waals surface area contributed by atoms with Gasteiger partial charge in [-0.3, -0.25) is 4.79 Å². The minimum Gasteiger partial charge on any atom is -0.480 e. The molecule has 1 atom stereocenters. The van der Waals surface area contributed by atoms with E-state index >= 15 is 0 Å². The van der Waals surface area contributed by atoms with Crippen LogP contribution in [0, 0.1) is 5.92 Å². The second-order valence-corrected chi connectivity index (χ2v) is 5.09. The summed E-state index contributed by atoms with van der Waals surface area (Å²) in [5.74, 6) is -1.29. The second-order valence-electron chi connectivity index (χ2n) is 4.34. The van der Waals surface area contributed by atoms with Crippen LogP contribution < -0.4 is 5.32 Å². The van der Waals surface area contributed by atoms with E-state index in [-0.39, 0.29) is 5.92 Å². The summed E-state index contributed by atoms with van der Waals surface area (Å²) in [6.45, 7) is 3.81. The summed E-state index contributed by atoms with van der Waals surface area (Å²) >= 11 is 3.16. The molecule has 1 amide bonds. The molecule has 0 unspecified atom stereocenters. The molecule has 0 aromatic carbocycles. The fourth-order valence-corrected chi connectivity index (χ4v) is 1.91. The van der Waals surface area contributed by atoms with Crippen molar-refractivity contribution < 1.29 is 14.7 Å². The number of pyridine rings is 1. The Morgan fingerprint density at radius 1 is 1.50 bits per heavy atom. The molecule has 0 saturated carbocycles. The van der Waals surface area contributed by atoms with Crippen LogP contribution in [-0.2, 0) is 4.79 Å². The van der Waals surface area contributed by atoms with E-state index in [1.807, 2.05) is 13.8 Å². The largest absolute Gasteiger partial charge is 0.480 e. The highest BCUT2D eigenvalue weighted by atomic mass is 79.9. The minimum atomic E-state index is -1.03.